The summed E-state index contributed by atoms with van der Waals surface area (Å²) in [7, 11) is 0. The summed E-state index contributed by atoms with van der Waals surface area (Å²) in [5.74, 6) is 0. The number of hydrogen-bond donors (Lipinski definition) is 1. The van der Waals surface area contributed by atoms with Crippen molar-refractivity contribution in [2.45, 2.75) is 40.8 Å². The number of nitrogens with zero attached hydrogens (tertiary/aromatic N) is 1. The van der Waals surface area contributed by atoms with E-state index < -0.39 is 0 Å². The van der Waals surface area contributed by atoms with Crippen molar-refractivity contribution >= 4 is 21.6 Å². The summed E-state index contributed by atoms with van der Waals surface area (Å²) in [5.41, 5.74) is 6.50. The quantitative estimate of drug-likeness (QED) is 0.855. The van der Waals surface area contributed by atoms with E-state index in [1.165, 1.54) is 28.2 Å². The van der Waals surface area contributed by atoms with Gasteiger partial charge in [0.1, 0.15) is 0 Å². The zero-order valence-electron chi connectivity index (χ0n) is 12.0. The Morgan fingerprint density at radius 2 is 1.89 bits per heavy atom. The molecule has 102 valence electrons. The molecule has 0 spiro atoms. The molecule has 0 unspecified atom stereocenters. The number of aromatic nitrogens is 1. The van der Waals surface area contributed by atoms with E-state index in [0.29, 0.717) is 0 Å². The minimum atomic E-state index is 0.876. The first-order valence-electron chi connectivity index (χ1n) is 6.68. The lowest BCUT2D eigenvalue weighted by Gasteiger charge is -2.09. The largest absolute Gasteiger partial charge is 0.381 e. The first kappa shape index (κ1) is 14.2. The van der Waals surface area contributed by atoms with Gasteiger partial charge in [-0.1, -0.05) is 15.9 Å². The van der Waals surface area contributed by atoms with Gasteiger partial charge in [0.15, 0.2) is 0 Å². The van der Waals surface area contributed by atoms with E-state index in [1.807, 2.05) is 0 Å². The van der Waals surface area contributed by atoms with E-state index in [4.69, 9.17) is 0 Å². The molecule has 0 saturated carbocycles. The molecule has 2 rings (SSSR count). The number of benzene rings is 1. The van der Waals surface area contributed by atoms with Crippen LogP contribution >= 0.6 is 15.9 Å². The van der Waals surface area contributed by atoms with Gasteiger partial charge in [0.25, 0.3) is 0 Å². The molecule has 2 aromatic rings. The van der Waals surface area contributed by atoms with Crippen molar-refractivity contribution in [1.29, 1.82) is 0 Å². The molecule has 0 radical (unpaired) electrons. The van der Waals surface area contributed by atoms with Crippen molar-refractivity contribution in [3.05, 3.63) is 51.3 Å². The second-order valence-electron chi connectivity index (χ2n) is 4.96. The maximum absolute atomic E-state index is 3.53. The smallest absolute Gasteiger partial charge is 0.0418 e. The van der Waals surface area contributed by atoms with E-state index >= 15 is 0 Å². The summed E-state index contributed by atoms with van der Waals surface area (Å²) in [6.45, 7) is 10.6. The van der Waals surface area contributed by atoms with Crippen LogP contribution in [0.3, 0.4) is 0 Å². The van der Waals surface area contributed by atoms with Gasteiger partial charge >= 0.3 is 0 Å². The highest BCUT2D eigenvalue weighted by Gasteiger charge is 2.07. The third kappa shape index (κ3) is 3.03. The molecule has 0 aliphatic rings. The fourth-order valence-corrected chi connectivity index (χ4v) is 2.74. The van der Waals surface area contributed by atoms with Crippen LogP contribution in [0.25, 0.3) is 0 Å². The van der Waals surface area contributed by atoms with Crippen molar-refractivity contribution in [3.63, 3.8) is 0 Å². The molecule has 0 aliphatic carbocycles. The Bertz CT molecular complexity index is 585. The Balaban J connectivity index is 2.12. The zero-order chi connectivity index (χ0) is 14.0. The molecule has 0 aliphatic heterocycles. The van der Waals surface area contributed by atoms with Gasteiger partial charge in [-0.25, -0.2) is 0 Å². The molecule has 19 heavy (non-hydrogen) atoms. The van der Waals surface area contributed by atoms with Crippen LogP contribution in [-0.2, 0) is 13.1 Å². The summed E-state index contributed by atoms with van der Waals surface area (Å²) in [6, 6.07) is 8.64. The highest BCUT2D eigenvalue weighted by molar-refractivity contribution is 9.10. The average molecular weight is 321 g/mol. The maximum atomic E-state index is 3.53. The van der Waals surface area contributed by atoms with Gasteiger partial charge in [0.05, 0.1) is 0 Å². The summed E-state index contributed by atoms with van der Waals surface area (Å²) in [5, 5.41) is 3.50. The van der Waals surface area contributed by atoms with Gasteiger partial charge in [-0.05, 0) is 63.1 Å². The first-order valence-corrected chi connectivity index (χ1v) is 7.48. The number of halogens is 1. The molecule has 2 nitrogen and oxygen atoms in total. The zero-order valence-corrected chi connectivity index (χ0v) is 13.6. The minimum absolute atomic E-state index is 0.876. The van der Waals surface area contributed by atoms with Crippen LogP contribution in [0.2, 0.25) is 0 Å². The van der Waals surface area contributed by atoms with Crippen LogP contribution in [0.4, 0.5) is 5.69 Å². The lowest BCUT2D eigenvalue weighted by Crippen LogP contribution is -2.03. The molecule has 1 heterocycles. The molecule has 1 N–H and O–H groups in total. The van der Waals surface area contributed by atoms with Crippen LogP contribution in [0.5, 0.6) is 0 Å². The molecule has 1 aromatic carbocycles. The fraction of sp³-hybridized carbons (Fsp3) is 0.375. The van der Waals surface area contributed by atoms with Crippen molar-refractivity contribution in [2.75, 3.05) is 5.32 Å². The molecule has 0 atom stereocenters. The third-order valence-electron chi connectivity index (χ3n) is 3.64. The van der Waals surface area contributed by atoms with Crippen LogP contribution < -0.4 is 5.32 Å². The van der Waals surface area contributed by atoms with Crippen LogP contribution in [0.1, 0.15) is 29.4 Å². The monoisotopic (exact) mass is 320 g/mol. The molecular formula is C16H21BrN2. The summed E-state index contributed by atoms with van der Waals surface area (Å²) in [4.78, 5) is 0. The van der Waals surface area contributed by atoms with Crippen LogP contribution in [0.15, 0.2) is 28.7 Å². The van der Waals surface area contributed by atoms with Gasteiger partial charge in [-0.15, -0.1) is 0 Å². The molecule has 0 fully saturated rings. The van der Waals surface area contributed by atoms with E-state index in [9.17, 15) is 0 Å². The lowest BCUT2D eigenvalue weighted by atomic mass is 10.2. The molecule has 0 amide bonds. The van der Waals surface area contributed by atoms with Crippen molar-refractivity contribution in [2.24, 2.45) is 0 Å². The lowest BCUT2D eigenvalue weighted by molar-refractivity contribution is 0.715. The second kappa shape index (κ2) is 5.83. The van der Waals surface area contributed by atoms with E-state index in [0.717, 1.165) is 17.6 Å². The van der Waals surface area contributed by atoms with Crippen molar-refractivity contribution < 1.29 is 0 Å². The van der Waals surface area contributed by atoms with E-state index in [2.05, 4.69) is 77.8 Å². The Morgan fingerprint density at radius 1 is 1.16 bits per heavy atom. The summed E-state index contributed by atoms with van der Waals surface area (Å²) < 4.78 is 3.51. The van der Waals surface area contributed by atoms with Crippen LogP contribution in [0, 0.1) is 20.8 Å². The Kier molecular flexibility index (Phi) is 4.35. The van der Waals surface area contributed by atoms with Gasteiger partial charge in [0, 0.05) is 34.6 Å². The molecule has 1 aromatic heterocycles. The third-order valence-corrected chi connectivity index (χ3v) is 4.53. The van der Waals surface area contributed by atoms with Gasteiger partial charge < -0.3 is 9.88 Å². The SMILES string of the molecule is CCn1c(C)cc(CNc2ccc(Br)c(C)c2)c1C. The van der Waals surface area contributed by atoms with Gasteiger partial charge in [-0.2, -0.15) is 0 Å². The molecule has 0 saturated heterocycles. The fourth-order valence-electron chi connectivity index (χ4n) is 2.49. The minimum Gasteiger partial charge on any atom is -0.381 e. The van der Waals surface area contributed by atoms with E-state index in [1.54, 1.807) is 0 Å². The normalized spacial score (nSPS) is 10.8. The standard InChI is InChI=1S/C16H21BrN2/c1-5-19-12(3)9-14(13(19)4)10-18-15-6-7-16(17)11(2)8-15/h6-9,18H,5,10H2,1-4H3. The van der Waals surface area contributed by atoms with Crippen molar-refractivity contribution in [1.82, 2.24) is 4.57 Å². The van der Waals surface area contributed by atoms with Crippen molar-refractivity contribution in [3.8, 4) is 0 Å². The predicted molar refractivity (Wildman–Crippen MR) is 85.8 cm³/mol. The average Bonchev–Trinajstić information content (AvgIpc) is 2.65. The van der Waals surface area contributed by atoms with E-state index in [-0.39, 0.29) is 0 Å². The Labute approximate surface area is 124 Å². The number of anilines is 1. The molecule has 0 bridgehead atoms. The number of aryl methyl sites for hydroxylation is 2. The number of hydrogen-bond acceptors (Lipinski definition) is 1. The summed E-state index contributed by atoms with van der Waals surface area (Å²) in [6.07, 6.45) is 0. The van der Waals surface area contributed by atoms with Gasteiger partial charge in [0.2, 0.25) is 0 Å². The predicted octanol–water partition coefficient (Wildman–Crippen LogP) is 4.81. The molecular weight excluding hydrogens is 300 g/mol. The topological polar surface area (TPSA) is 17.0 Å². The summed E-state index contributed by atoms with van der Waals surface area (Å²) >= 11 is 3.53. The number of rotatable bonds is 4. The van der Waals surface area contributed by atoms with Gasteiger partial charge in [-0.3, -0.25) is 0 Å². The highest BCUT2D eigenvalue weighted by atomic mass is 79.9. The highest BCUT2D eigenvalue weighted by Crippen LogP contribution is 2.21. The Morgan fingerprint density at radius 3 is 2.47 bits per heavy atom. The number of nitrogens with one attached hydrogen (secondary N) is 1. The molecule has 3 heteroatoms. The van der Waals surface area contributed by atoms with Crippen LogP contribution in [-0.4, -0.2) is 4.57 Å². The maximum Gasteiger partial charge on any atom is 0.0418 e. The first-order chi connectivity index (χ1) is 9.02. The Hall–Kier alpha value is -1.22. The second-order valence-corrected chi connectivity index (χ2v) is 5.81.